The van der Waals surface area contributed by atoms with E-state index < -0.39 is 43.7 Å². The van der Waals surface area contributed by atoms with E-state index in [2.05, 4.69) is 9.98 Å². The second kappa shape index (κ2) is 11.4. The zero-order valence-electron chi connectivity index (χ0n) is 17.6. The molecule has 35 heavy (non-hydrogen) atoms. The summed E-state index contributed by atoms with van der Waals surface area (Å²) < 4.78 is 30.6. The normalized spacial score (nSPS) is 10.5. The van der Waals surface area contributed by atoms with Gasteiger partial charge in [-0.25, -0.2) is 19.2 Å². The molecular weight excluding hydrogens is 480 g/mol. The molecule has 0 unspecified atom stereocenters. The van der Waals surface area contributed by atoms with Crippen molar-refractivity contribution >= 4 is 34.2 Å². The summed E-state index contributed by atoms with van der Waals surface area (Å²) in [6.07, 6.45) is 2.99. The average Bonchev–Trinajstić information content (AvgIpc) is 2.84. The molecule has 0 bridgehead atoms. The fourth-order valence-electron chi connectivity index (χ4n) is 3.07. The van der Waals surface area contributed by atoms with E-state index in [1.807, 2.05) is 12.1 Å². The number of aromatic carboxylic acids is 2. The van der Waals surface area contributed by atoms with Crippen LogP contribution in [0.25, 0.3) is 0 Å². The number of aliphatic imine (C=N–C) groups is 2. The molecule has 0 aliphatic rings. The maximum atomic E-state index is 10.9. The van der Waals surface area contributed by atoms with E-state index in [1.165, 1.54) is 12.2 Å². The van der Waals surface area contributed by atoms with Gasteiger partial charge in [0.15, 0.2) is 0 Å². The summed E-state index contributed by atoms with van der Waals surface area (Å²) in [5.41, 5.74) is -1.78. The standard InChI is InChI=1S/C15H10N2O2.C8H6O7S/c18-11-16-15(17-12-19,13-7-3-1-4-8-13)14-9-5-2-6-10-14;9-7(10)4-2-1-3-5(8(11)12)6(4)16(13,14)15/h1-10H;1-3H,(H,9,10)(H,11,12)(H,13,14,15). The predicted octanol–water partition coefficient (Wildman–Crippen LogP) is 2.89. The molecule has 0 aromatic heterocycles. The Hall–Kier alpha value is -4.73. The van der Waals surface area contributed by atoms with Gasteiger partial charge in [0.1, 0.15) is 4.90 Å². The lowest BCUT2D eigenvalue weighted by atomic mass is 9.92. The molecule has 11 nitrogen and oxygen atoms in total. The van der Waals surface area contributed by atoms with Crippen molar-refractivity contribution in [3.63, 3.8) is 0 Å². The largest absolute Gasteiger partial charge is 0.478 e. The van der Waals surface area contributed by atoms with Gasteiger partial charge in [-0.3, -0.25) is 4.55 Å². The molecule has 0 fully saturated rings. The van der Waals surface area contributed by atoms with Gasteiger partial charge in [-0.15, -0.1) is 0 Å². The second-order valence-electron chi connectivity index (χ2n) is 6.58. The van der Waals surface area contributed by atoms with Crippen LogP contribution in [0.2, 0.25) is 0 Å². The maximum Gasteiger partial charge on any atom is 0.337 e. The van der Waals surface area contributed by atoms with Crippen LogP contribution < -0.4 is 0 Å². The molecule has 0 radical (unpaired) electrons. The minimum Gasteiger partial charge on any atom is -0.478 e. The smallest absolute Gasteiger partial charge is 0.337 e. The molecule has 3 aromatic carbocycles. The fourth-order valence-corrected chi connectivity index (χ4v) is 3.94. The molecule has 0 atom stereocenters. The maximum absolute atomic E-state index is 10.9. The van der Waals surface area contributed by atoms with Gasteiger partial charge in [0.05, 0.1) is 11.1 Å². The van der Waals surface area contributed by atoms with Gasteiger partial charge in [0, 0.05) is 11.1 Å². The lowest BCUT2D eigenvalue weighted by Crippen LogP contribution is -2.22. The van der Waals surface area contributed by atoms with Crippen LogP contribution in [0, 0.1) is 0 Å². The summed E-state index contributed by atoms with van der Waals surface area (Å²) >= 11 is 0. The quantitative estimate of drug-likeness (QED) is 0.251. The number of rotatable bonds is 7. The first-order valence-electron chi connectivity index (χ1n) is 9.44. The first-order valence-corrected chi connectivity index (χ1v) is 10.9. The van der Waals surface area contributed by atoms with Gasteiger partial charge in [0.25, 0.3) is 10.1 Å². The van der Waals surface area contributed by atoms with Crippen molar-refractivity contribution in [2.45, 2.75) is 10.6 Å². The highest BCUT2D eigenvalue weighted by Gasteiger charge is 2.34. The molecular formula is C23H16N2O9S. The van der Waals surface area contributed by atoms with Crippen LogP contribution in [0.15, 0.2) is 93.7 Å². The van der Waals surface area contributed by atoms with Crippen molar-refractivity contribution in [1.29, 1.82) is 0 Å². The monoisotopic (exact) mass is 496 g/mol. The summed E-state index contributed by atoms with van der Waals surface area (Å²) in [6, 6.07) is 20.6. The number of benzene rings is 3. The molecule has 0 saturated carbocycles. The molecule has 3 rings (SSSR count). The van der Waals surface area contributed by atoms with E-state index in [4.69, 9.17) is 14.8 Å². The topological polar surface area (TPSA) is 188 Å². The predicted molar refractivity (Wildman–Crippen MR) is 120 cm³/mol. The first-order chi connectivity index (χ1) is 16.6. The Bertz CT molecular complexity index is 1330. The number of carbonyl (C=O) groups excluding carboxylic acids is 2. The van der Waals surface area contributed by atoms with E-state index >= 15 is 0 Å². The van der Waals surface area contributed by atoms with E-state index in [0.717, 1.165) is 18.2 Å². The van der Waals surface area contributed by atoms with Crippen molar-refractivity contribution in [2.75, 3.05) is 0 Å². The molecule has 12 heteroatoms. The van der Waals surface area contributed by atoms with Crippen molar-refractivity contribution in [3.8, 4) is 0 Å². The first kappa shape index (κ1) is 26.5. The lowest BCUT2D eigenvalue weighted by Gasteiger charge is -2.22. The van der Waals surface area contributed by atoms with Crippen LogP contribution in [-0.4, -0.2) is 47.3 Å². The van der Waals surface area contributed by atoms with Crippen molar-refractivity contribution in [1.82, 2.24) is 0 Å². The highest BCUT2D eigenvalue weighted by atomic mass is 32.2. The summed E-state index contributed by atoms with van der Waals surface area (Å²) in [4.78, 5) is 49.3. The Morgan fingerprint density at radius 1 is 0.686 bits per heavy atom. The van der Waals surface area contributed by atoms with Crippen molar-refractivity contribution in [2.24, 2.45) is 9.98 Å². The van der Waals surface area contributed by atoms with E-state index in [9.17, 15) is 27.6 Å². The summed E-state index contributed by atoms with van der Waals surface area (Å²) in [5, 5.41) is 17.3. The Labute approximate surface area is 198 Å². The zero-order chi connectivity index (χ0) is 26.1. The Morgan fingerprint density at radius 3 is 1.34 bits per heavy atom. The third-order valence-electron chi connectivity index (χ3n) is 4.50. The summed E-state index contributed by atoms with van der Waals surface area (Å²) in [5.74, 6) is -3.29. The molecule has 0 amide bonds. The minimum absolute atomic E-state index is 0.605. The second-order valence-corrected chi connectivity index (χ2v) is 7.94. The van der Waals surface area contributed by atoms with Gasteiger partial charge in [-0.05, 0) is 12.1 Å². The highest BCUT2D eigenvalue weighted by Crippen LogP contribution is 2.34. The van der Waals surface area contributed by atoms with E-state index in [0.29, 0.717) is 11.1 Å². The summed E-state index contributed by atoms with van der Waals surface area (Å²) in [6.45, 7) is 0. The number of isocyanates is 2. The highest BCUT2D eigenvalue weighted by molar-refractivity contribution is 7.86. The van der Waals surface area contributed by atoms with Gasteiger partial charge < -0.3 is 10.2 Å². The Kier molecular flexibility index (Phi) is 8.65. The number of nitrogens with zero attached hydrogens (tertiary/aromatic N) is 2. The SMILES string of the molecule is O=C(O)c1cccc(C(=O)O)c1S(=O)(=O)O.O=C=NC(N=C=O)(c1ccccc1)c1ccccc1. The Balaban J connectivity index is 0.000000251. The van der Waals surface area contributed by atoms with E-state index in [1.54, 1.807) is 48.5 Å². The van der Waals surface area contributed by atoms with Gasteiger partial charge in [0.2, 0.25) is 17.8 Å². The fraction of sp³-hybridized carbons (Fsp3) is 0.0435. The van der Waals surface area contributed by atoms with E-state index in [-0.39, 0.29) is 0 Å². The van der Waals surface area contributed by atoms with Crippen molar-refractivity contribution < 1.29 is 42.4 Å². The number of carbonyl (C=O) groups is 2. The molecule has 0 spiro atoms. The van der Waals surface area contributed by atoms with Gasteiger partial charge in [-0.2, -0.15) is 18.4 Å². The van der Waals surface area contributed by atoms with Crippen LogP contribution in [0.4, 0.5) is 0 Å². The van der Waals surface area contributed by atoms with Crippen LogP contribution in [0.1, 0.15) is 31.8 Å². The Morgan fingerprint density at radius 2 is 1.06 bits per heavy atom. The van der Waals surface area contributed by atoms with Gasteiger partial charge >= 0.3 is 11.9 Å². The van der Waals surface area contributed by atoms with Crippen LogP contribution in [0.3, 0.4) is 0 Å². The number of hydrogen-bond donors (Lipinski definition) is 3. The zero-order valence-corrected chi connectivity index (χ0v) is 18.4. The molecule has 0 saturated heterocycles. The number of hydrogen-bond acceptors (Lipinski definition) is 8. The summed E-state index contributed by atoms with van der Waals surface area (Å²) in [7, 11) is -4.92. The molecule has 3 N–H and O–H groups in total. The lowest BCUT2D eigenvalue weighted by molar-refractivity contribution is 0.0688. The molecule has 0 heterocycles. The molecule has 178 valence electrons. The number of carboxylic acids is 2. The van der Waals surface area contributed by atoms with Crippen LogP contribution >= 0.6 is 0 Å². The molecule has 3 aromatic rings. The van der Waals surface area contributed by atoms with Crippen molar-refractivity contribution in [3.05, 3.63) is 101 Å². The average molecular weight is 496 g/mol. The molecule has 0 aliphatic heterocycles. The van der Waals surface area contributed by atoms with Gasteiger partial charge in [-0.1, -0.05) is 66.7 Å². The molecule has 0 aliphatic carbocycles. The van der Waals surface area contributed by atoms with Crippen LogP contribution in [-0.2, 0) is 25.4 Å². The van der Waals surface area contributed by atoms with Crippen LogP contribution in [0.5, 0.6) is 0 Å². The number of carboxylic acid groups (broad SMARTS) is 2. The third-order valence-corrected chi connectivity index (χ3v) is 5.46. The minimum atomic E-state index is -4.92. The third kappa shape index (κ3) is 6.20.